The first kappa shape index (κ1) is 14.5. The topological polar surface area (TPSA) is 39.1 Å². The molecule has 1 rings (SSSR count). The van der Waals surface area contributed by atoms with Crippen molar-refractivity contribution in [2.24, 2.45) is 0 Å². The molecule has 0 aliphatic rings. The Morgan fingerprint density at radius 2 is 1.89 bits per heavy atom. The van der Waals surface area contributed by atoms with Crippen LogP contribution in [0.1, 0.15) is 26.3 Å². The number of nitrogens with zero attached hydrogens (tertiary/aromatic N) is 2. The Morgan fingerprint density at radius 1 is 1.28 bits per heavy atom. The standard InChI is InChI=1S/C15H23N3/c1-5-13-7-9-14(10-8-13)18(4)12-15(3,11-16)17-6-2/h7-10,17H,5-6,12H2,1-4H3. The van der Waals surface area contributed by atoms with Crippen LogP contribution in [0, 0.1) is 11.3 Å². The van der Waals surface area contributed by atoms with Crippen molar-refractivity contribution in [3.63, 3.8) is 0 Å². The van der Waals surface area contributed by atoms with Gasteiger partial charge in [0.25, 0.3) is 0 Å². The third-order valence-electron chi connectivity index (χ3n) is 3.15. The largest absolute Gasteiger partial charge is 0.372 e. The lowest BCUT2D eigenvalue weighted by molar-refractivity contribution is 0.462. The minimum Gasteiger partial charge on any atom is -0.372 e. The molecular weight excluding hydrogens is 222 g/mol. The second kappa shape index (κ2) is 6.42. The van der Waals surface area contributed by atoms with Gasteiger partial charge in [-0.2, -0.15) is 5.26 Å². The number of aryl methyl sites for hydroxylation is 1. The molecule has 1 atom stereocenters. The van der Waals surface area contributed by atoms with Crippen LogP contribution in [0.25, 0.3) is 0 Å². The molecule has 1 aromatic carbocycles. The van der Waals surface area contributed by atoms with Gasteiger partial charge < -0.3 is 4.90 Å². The Bertz CT molecular complexity index is 405. The smallest absolute Gasteiger partial charge is 0.121 e. The van der Waals surface area contributed by atoms with E-state index in [1.54, 1.807) is 0 Å². The molecule has 1 aromatic rings. The highest BCUT2D eigenvalue weighted by molar-refractivity contribution is 5.47. The summed E-state index contributed by atoms with van der Waals surface area (Å²) < 4.78 is 0. The molecule has 3 nitrogen and oxygen atoms in total. The zero-order valence-corrected chi connectivity index (χ0v) is 11.8. The summed E-state index contributed by atoms with van der Waals surface area (Å²) in [6, 6.07) is 10.9. The molecule has 18 heavy (non-hydrogen) atoms. The summed E-state index contributed by atoms with van der Waals surface area (Å²) in [7, 11) is 2.02. The third-order valence-corrected chi connectivity index (χ3v) is 3.15. The quantitative estimate of drug-likeness (QED) is 0.837. The highest BCUT2D eigenvalue weighted by Gasteiger charge is 2.24. The summed E-state index contributed by atoms with van der Waals surface area (Å²) in [6.45, 7) is 7.57. The van der Waals surface area contributed by atoms with Gasteiger partial charge in [0.2, 0.25) is 0 Å². The molecule has 0 aliphatic heterocycles. The Morgan fingerprint density at radius 3 is 2.33 bits per heavy atom. The van der Waals surface area contributed by atoms with Crippen LogP contribution >= 0.6 is 0 Å². The van der Waals surface area contributed by atoms with Crippen molar-refractivity contribution < 1.29 is 0 Å². The fourth-order valence-corrected chi connectivity index (χ4v) is 2.07. The zero-order valence-electron chi connectivity index (χ0n) is 11.8. The normalized spacial score (nSPS) is 13.7. The van der Waals surface area contributed by atoms with Crippen molar-refractivity contribution in [2.75, 3.05) is 25.0 Å². The predicted molar refractivity (Wildman–Crippen MR) is 76.8 cm³/mol. The van der Waals surface area contributed by atoms with Crippen molar-refractivity contribution in [2.45, 2.75) is 32.7 Å². The van der Waals surface area contributed by atoms with Crippen molar-refractivity contribution in [3.05, 3.63) is 29.8 Å². The number of hydrogen-bond donors (Lipinski definition) is 1. The van der Waals surface area contributed by atoms with Gasteiger partial charge >= 0.3 is 0 Å². The van der Waals surface area contributed by atoms with Crippen molar-refractivity contribution in [3.8, 4) is 6.07 Å². The molecule has 1 N–H and O–H groups in total. The molecular formula is C15H23N3. The number of nitrogens with one attached hydrogen (secondary N) is 1. The van der Waals surface area contributed by atoms with Gasteiger partial charge in [0.05, 0.1) is 6.07 Å². The monoisotopic (exact) mass is 245 g/mol. The number of benzene rings is 1. The molecule has 0 aliphatic carbocycles. The minimum atomic E-state index is -0.507. The van der Waals surface area contributed by atoms with E-state index in [4.69, 9.17) is 0 Å². The lowest BCUT2D eigenvalue weighted by Crippen LogP contribution is -2.49. The van der Waals surface area contributed by atoms with Crippen LogP contribution < -0.4 is 10.2 Å². The summed E-state index contributed by atoms with van der Waals surface area (Å²) in [5.41, 5.74) is 1.97. The van der Waals surface area contributed by atoms with E-state index < -0.39 is 5.54 Å². The summed E-state index contributed by atoms with van der Waals surface area (Å²) in [6.07, 6.45) is 1.05. The van der Waals surface area contributed by atoms with Crippen molar-refractivity contribution in [1.82, 2.24) is 5.32 Å². The van der Waals surface area contributed by atoms with Gasteiger partial charge in [0.15, 0.2) is 0 Å². The molecule has 0 amide bonds. The lowest BCUT2D eigenvalue weighted by Gasteiger charge is -2.30. The first-order chi connectivity index (χ1) is 8.54. The summed E-state index contributed by atoms with van der Waals surface area (Å²) >= 11 is 0. The van der Waals surface area contributed by atoms with Crippen LogP contribution in [0.4, 0.5) is 5.69 Å². The first-order valence-electron chi connectivity index (χ1n) is 6.51. The number of anilines is 1. The fourth-order valence-electron chi connectivity index (χ4n) is 2.07. The van der Waals surface area contributed by atoms with Gasteiger partial charge in [0.1, 0.15) is 5.54 Å². The van der Waals surface area contributed by atoms with Gasteiger partial charge in [-0.15, -0.1) is 0 Å². The molecule has 0 bridgehead atoms. The second-order valence-electron chi connectivity index (χ2n) is 4.85. The van der Waals surface area contributed by atoms with E-state index in [0.29, 0.717) is 6.54 Å². The average Bonchev–Trinajstić information content (AvgIpc) is 2.39. The molecule has 0 saturated carbocycles. The highest BCUT2D eigenvalue weighted by Crippen LogP contribution is 2.16. The summed E-state index contributed by atoms with van der Waals surface area (Å²) in [5, 5.41) is 12.5. The van der Waals surface area contributed by atoms with Crippen LogP contribution in [0.15, 0.2) is 24.3 Å². The average molecular weight is 245 g/mol. The van der Waals surface area contributed by atoms with E-state index in [2.05, 4.69) is 47.5 Å². The first-order valence-corrected chi connectivity index (χ1v) is 6.51. The number of hydrogen-bond acceptors (Lipinski definition) is 3. The van der Waals surface area contributed by atoms with Gasteiger partial charge in [-0.3, -0.25) is 5.32 Å². The molecule has 0 heterocycles. The van der Waals surface area contributed by atoms with E-state index in [9.17, 15) is 5.26 Å². The fraction of sp³-hybridized carbons (Fsp3) is 0.533. The number of likely N-dealkylation sites (N-methyl/N-ethyl adjacent to an activating group) is 2. The Balaban J connectivity index is 2.74. The minimum absolute atomic E-state index is 0.507. The van der Waals surface area contributed by atoms with Gasteiger partial charge in [-0.25, -0.2) is 0 Å². The van der Waals surface area contributed by atoms with Crippen LogP contribution in [0.2, 0.25) is 0 Å². The molecule has 98 valence electrons. The molecule has 3 heteroatoms. The predicted octanol–water partition coefficient (Wildman–Crippen LogP) is 2.58. The van der Waals surface area contributed by atoms with Gasteiger partial charge in [-0.05, 0) is 37.6 Å². The maximum Gasteiger partial charge on any atom is 0.121 e. The lowest BCUT2D eigenvalue weighted by atomic mass is 10.0. The van der Waals surface area contributed by atoms with Crippen LogP contribution in [-0.2, 0) is 6.42 Å². The van der Waals surface area contributed by atoms with E-state index in [-0.39, 0.29) is 0 Å². The zero-order chi connectivity index (χ0) is 13.6. The van der Waals surface area contributed by atoms with Gasteiger partial charge in [0, 0.05) is 19.3 Å². The van der Waals surface area contributed by atoms with Gasteiger partial charge in [-0.1, -0.05) is 26.0 Å². The highest BCUT2D eigenvalue weighted by atomic mass is 15.1. The Labute approximate surface area is 110 Å². The third kappa shape index (κ3) is 3.75. The second-order valence-corrected chi connectivity index (χ2v) is 4.85. The molecule has 0 fully saturated rings. The molecule has 0 spiro atoms. The molecule has 0 saturated heterocycles. The molecule has 1 unspecified atom stereocenters. The number of nitriles is 1. The SMILES string of the molecule is CCNC(C)(C#N)CN(C)c1ccc(CC)cc1. The maximum absolute atomic E-state index is 9.26. The van der Waals surface area contributed by atoms with Crippen LogP contribution in [0.3, 0.4) is 0 Å². The molecule has 0 aromatic heterocycles. The maximum atomic E-state index is 9.26. The van der Waals surface area contributed by atoms with E-state index in [1.165, 1.54) is 5.56 Å². The molecule has 0 radical (unpaired) electrons. The van der Waals surface area contributed by atoms with Crippen LogP contribution in [-0.4, -0.2) is 25.7 Å². The summed E-state index contributed by atoms with van der Waals surface area (Å²) in [4.78, 5) is 2.12. The number of rotatable bonds is 6. The van der Waals surface area contributed by atoms with E-state index in [0.717, 1.165) is 18.7 Å². The van der Waals surface area contributed by atoms with E-state index >= 15 is 0 Å². The Hall–Kier alpha value is -1.53. The van der Waals surface area contributed by atoms with Crippen molar-refractivity contribution in [1.29, 1.82) is 5.26 Å². The van der Waals surface area contributed by atoms with Crippen molar-refractivity contribution >= 4 is 5.69 Å². The van der Waals surface area contributed by atoms with Crippen LogP contribution in [0.5, 0.6) is 0 Å². The van der Waals surface area contributed by atoms with E-state index in [1.807, 2.05) is 20.9 Å². The Kier molecular flexibility index (Phi) is 5.18. The summed E-state index contributed by atoms with van der Waals surface area (Å²) in [5.74, 6) is 0.